The Hall–Kier alpha value is -2.80. The highest BCUT2D eigenvalue weighted by molar-refractivity contribution is 7.22. The van der Waals surface area contributed by atoms with Gasteiger partial charge in [0.15, 0.2) is 5.13 Å². The molecule has 3 aromatic rings. The Bertz CT molecular complexity index is 975. The zero-order valence-corrected chi connectivity index (χ0v) is 16.0. The van der Waals surface area contributed by atoms with E-state index in [1.165, 1.54) is 17.6 Å². The van der Waals surface area contributed by atoms with Gasteiger partial charge in [0.25, 0.3) is 5.91 Å². The van der Waals surface area contributed by atoms with Crippen molar-refractivity contribution >= 4 is 32.6 Å². The minimum atomic E-state index is -0.295. The Morgan fingerprint density at radius 3 is 2.85 bits per heavy atom. The van der Waals surface area contributed by atoms with Crippen molar-refractivity contribution in [3.8, 4) is 0 Å². The Kier molecular flexibility index (Phi) is 4.85. The molecule has 0 bridgehead atoms. The molecule has 27 heavy (non-hydrogen) atoms. The second-order valence-corrected chi connectivity index (χ2v) is 7.53. The fraction of sp³-hybridized carbons (Fsp3) is 0.300. The molecular formula is C20H20N2O4S. The molecule has 0 spiro atoms. The molecule has 0 fully saturated rings. The van der Waals surface area contributed by atoms with Gasteiger partial charge < -0.3 is 13.9 Å². The second kappa shape index (κ2) is 7.44. The Labute approximate surface area is 161 Å². The Balaban J connectivity index is 1.76. The van der Waals surface area contributed by atoms with Gasteiger partial charge in [0.05, 0.1) is 23.0 Å². The number of aromatic nitrogens is 1. The summed E-state index contributed by atoms with van der Waals surface area (Å²) in [5.74, 6) is 0.895. The molecule has 3 heterocycles. The zero-order chi connectivity index (χ0) is 18.8. The summed E-state index contributed by atoms with van der Waals surface area (Å²) in [5, 5.41) is 0.606. The minimum Gasteiger partial charge on any atom is -0.494 e. The highest BCUT2D eigenvalue weighted by Gasteiger charge is 2.27. The number of benzene rings is 1. The van der Waals surface area contributed by atoms with Crippen LogP contribution in [0, 0.1) is 0 Å². The molecular weight excluding hydrogens is 364 g/mol. The molecule has 0 saturated heterocycles. The van der Waals surface area contributed by atoms with Crippen molar-refractivity contribution in [2.75, 3.05) is 18.1 Å². The van der Waals surface area contributed by atoms with Crippen LogP contribution in [0.15, 0.2) is 53.0 Å². The Morgan fingerprint density at radius 2 is 2.15 bits per heavy atom. The van der Waals surface area contributed by atoms with Crippen molar-refractivity contribution < 1.29 is 18.7 Å². The smallest absolute Gasteiger partial charge is 0.298 e. The highest BCUT2D eigenvalue weighted by Crippen LogP contribution is 2.34. The molecule has 0 saturated carbocycles. The number of fused-ring (bicyclic) bond motifs is 1. The lowest BCUT2D eigenvalue weighted by Gasteiger charge is -2.22. The number of carbonyl (C=O) groups excluding carboxylic acids is 1. The van der Waals surface area contributed by atoms with Gasteiger partial charge in [-0.3, -0.25) is 9.69 Å². The second-order valence-electron chi connectivity index (χ2n) is 6.52. The maximum absolute atomic E-state index is 13.1. The van der Waals surface area contributed by atoms with E-state index >= 15 is 0 Å². The molecule has 0 unspecified atom stereocenters. The maximum Gasteiger partial charge on any atom is 0.298 e. The number of nitrogens with zero attached hydrogens (tertiary/aromatic N) is 2. The first-order chi connectivity index (χ1) is 13.1. The van der Waals surface area contributed by atoms with Crippen molar-refractivity contribution in [1.29, 1.82) is 0 Å². The monoisotopic (exact) mass is 384 g/mol. The fourth-order valence-electron chi connectivity index (χ4n) is 2.94. The van der Waals surface area contributed by atoms with Gasteiger partial charge in [-0.05, 0) is 29.7 Å². The first kappa shape index (κ1) is 17.6. The van der Waals surface area contributed by atoms with Crippen molar-refractivity contribution in [2.24, 2.45) is 0 Å². The van der Waals surface area contributed by atoms with Gasteiger partial charge in [-0.25, -0.2) is 4.98 Å². The van der Waals surface area contributed by atoms with Crippen LogP contribution in [0.4, 0.5) is 5.13 Å². The predicted octanol–water partition coefficient (Wildman–Crippen LogP) is 4.43. The van der Waals surface area contributed by atoms with Crippen molar-refractivity contribution in [3.63, 3.8) is 0 Å². The number of anilines is 1. The lowest BCUT2D eigenvalue weighted by molar-refractivity contribution is -0.120. The topological polar surface area (TPSA) is 64.8 Å². The molecule has 0 atom stereocenters. The van der Waals surface area contributed by atoms with E-state index in [1.807, 2.05) is 18.2 Å². The van der Waals surface area contributed by atoms with E-state index in [4.69, 9.17) is 18.9 Å². The van der Waals surface area contributed by atoms with Crippen LogP contribution in [0.25, 0.3) is 10.2 Å². The predicted molar refractivity (Wildman–Crippen MR) is 104 cm³/mol. The first-order valence-electron chi connectivity index (χ1n) is 8.81. The average Bonchev–Trinajstić information content (AvgIpc) is 3.35. The Morgan fingerprint density at radius 1 is 1.26 bits per heavy atom. The molecule has 140 valence electrons. The molecule has 1 amide bonds. The summed E-state index contributed by atoms with van der Waals surface area (Å²) in [6, 6.07) is 9.76. The van der Waals surface area contributed by atoms with Gasteiger partial charge >= 0.3 is 0 Å². The number of ether oxygens (including phenoxy) is 2. The molecule has 1 aliphatic heterocycles. The lowest BCUT2D eigenvalue weighted by atomic mass is 10.0. The van der Waals surface area contributed by atoms with Gasteiger partial charge in [0, 0.05) is 0 Å². The van der Waals surface area contributed by atoms with E-state index < -0.39 is 0 Å². The summed E-state index contributed by atoms with van der Waals surface area (Å²) in [5.41, 5.74) is 2.09. The van der Waals surface area contributed by atoms with Crippen molar-refractivity contribution in [2.45, 2.75) is 26.3 Å². The van der Waals surface area contributed by atoms with Gasteiger partial charge in [-0.2, -0.15) is 0 Å². The summed E-state index contributed by atoms with van der Waals surface area (Å²) in [6.07, 6.45) is 2.96. The third-order valence-electron chi connectivity index (χ3n) is 4.29. The molecule has 6 nitrogen and oxygen atoms in total. The molecule has 1 aliphatic rings. The number of thiazole rings is 1. The lowest BCUT2D eigenvalue weighted by Crippen LogP contribution is -2.33. The van der Waals surface area contributed by atoms with Gasteiger partial charge in [0.1, 0.15) is 25.2 Å². The number of amides is 1. The van der Waals surface area contributed by atoms with Crippen LogP contribution in [-0.2, 0) is 20.8 Å². The minimum absolute atomic E-state index is 0.177. The van der Waals surface area contributed by atoms with Crippen LogP contribution in [0.1, 0.15) is 31.1 Å². The van der Waals surface area contributed by atoms with Crippen molar-refractivity contribution in [3.05, 3.63) is 59.9 Å². The van der Waals surface area contributed by atoms with E-state index in [9.17, 15) is 4.79 Å². The normalized spacial score (nSPS) is 14.0. The molecule has 4 rings (SSSR count). The van der Waals surface area contributed by atoms with Crippen LogP contribution in [0.3, 0.4) is 0 Å². The number of para-hydroxylation sites is 1. The van der Waals surface area contributed by atoms with Gasteiger partial charge in [-0.1, -0.05) is 37.3 Å². The van der Waals surface area contributed by atoms with Crippen LogP contribution in [0.2, 0.25) is 0 Å². The van der Waals surface area contributed by atoms with E-state index in [0.717, 1.165) is 15.8 Å². The molecule has 1 aromatic carbocycles. The van der Waals surface area contributed by atoms with Gasteiger partial charge in [-0.15, -0.1) is 0 Å². The van der Waals surface area contributed by atoms with Crippen LogP contribution in [0.5, 0.6) is 0 Å². The number of carbonyl (C=O) groups is 1. The zero-order valence-electron chi connectivity index (χ0n) is 15.2. The number of hydrogen-bond acceptors (Lipinski definition) is 6. The first-order valence-corrected chi connectivity index (χ1v) is 9.63. The molecule has 0 N–H and O–H groups in total. The largest absolute Gasteiger partial charge is 0.494 e. The number of rotatable bonds is 5. The van der Waals surface area contributed by atoms with Crippen LogP contribution in [-0.4, -0.2) is 24.1 Å². The summed E-state index contributed by atoms with van der Waals surface area (Å²) in [4.78, 5) is 19.5. The fourth-order valence-corrected chi connectivity index (χ4v) is 3.94. The average molecular weight is 384 g/mol. The molecule has 0 aliphatic carbocycles. The van der Waals surface area contributed by atoms with E-state index in [1.54, 1.807) is 17.2 Å². The highest BCUT2D eigenvalue weighted by atomic mass is 32.1. The molecule has 7 heteroatoms. The van der Waals surface area contributed by atoms with E-state index in [-0.39, 0.29) is 18.2 Å². The summed E-state index contributed by atoms with van der Waals surface area (Å²) in [7, 11) is 0. The summed E-state index contributed by atoms with van der Waals surface area (Å²) in [6.45, 7) is 5.33. The van der Waals surface area contributed by atoms with Crippen molar-refractivity contribution in [1.82, 2.24) is 4.98 Å². The van der Waals surface area contributed by atoms with E-state index in [0.29, 0.717) is 30.0 Å². The SMILES string of the molecule is CC(C)c1cccc2sc(N(Cc3ccco3)C(=O)C3=COCCO3)nc12. The number of furan rings is 1. The molecule has 2 aromatic heterocycles. The summed E-state index contributed by atoms with van der Waals surface area (Å²) >= 11 is 1.48. The van der Waals surface area contributed by atoms with Crippen LogP contribution < -0.4 is 4.90 Å². The standard InChI is InChI=1S/C20H20N2O4S/c1-13(2)15-6-3-7-17-18(15)21-20(27-17)22(11-14-5-4-8-25-14)19(23)16-12-24-9-10-26-16/h3-8,12-13H,9-11H2,1-2H3. The third kappa shape index (κ3) is 3.55. The molecule has 0 radical (unpaired) electrons. The summed E-state index contributed by atoms with van der Waals surface area (Å²) < 4.78 is 17.2. The number of hydrogen-bond donors (Lipinski definition) is 0. The van der Waals surface area contributed by atoms with E-state index in [2.05, 4.69) is 19.9 Å². The third-order valence-corrected chi connectivity index (χ3v) is 5.33. The maximum atomic E-state index is 13.1. The van der Waals surface area contributed by atoms with Crippen LogP contribution >= 0.6 is 11.3 Å². The van der Waals surface area contributed by atoms with Gasteiger partial charge in [0.2, 0.25) is 5.76 Å². The quantitative estimate of drug-likeness (QED) is 0.651.